The molecule has 1 unspecified atom stereocenters. The van der Waals surface area contributed by atoms with E-state index in [1.807, 2.05) is 0 Å². The topological polar surface area (TPSA) is 83.5 Å². The molecule has 1 radical (unpaired) electrons. The molecule has 0 saturated heterocycles. The van der Waals surface area contributed by atoms with Crippen LogP contribution in [0.1, 0.15) is 103 Å². The lowest BCUT2D eigenvalue weighted by molar-refractivity contribution is -0.116. The van der Waals surface area contributed by atoms with E-state index in [0.717, 1.165) is 19.3 Å². The van der Waals surface area contributed by atoms with Crippen LogP contribution >= 0.6 is 0 Å². The van der Waals surface area contributed by atoms with Crippen molar-refractivity contribution in [2.24, 2.45) is 0 Å². The second-order valence-electron chi connectivity index (χ2n) is 8.17. The van der Waals surface area contributed by atoms with Crippen LogP contribution < -0.4 is 5.32 Å². The van der Waals surface area contributed by atoms with E-state index in [1.165, 1.54) is 64.2 Å². The first-order chi connectivity index (χ1) is 14.4. The highest BCUT2D eigenvalue weighted by molar-refractivity contribution is 7.87. The van der Waals surface area contributed by atoms with Crippen molar-refractivity contribution >= 4 is 21.7 Å². The van der Waals surface area contributed by atoms with E-state index in [9.17, 15) is 17.8 Å². The minimum absolute atomic E-state index is 0.138. The van der Waals surface area contributed by atoms with Gasteiger partial charge in [0.1, 0.15) is 0 Å². The Bertz CT molecular complexity index is 661. The average Bonchev–Trinajstić information content (AvgIpc) is 2.70. The van der Waals surface area contributed by atoms with Crippen molar-refractivity contribution in [2.75, 3.05) is 5.32 Å². The molecule has 1 amide bonds. The third kappa shape index (κ3) is 13.0. The predicted octanol–water partition coefficient (Wildman–Crippen LogP) is 6.55. The van der Waals surface area contributed by atoms with Gasteiger partial charge in [0.2, 0.25) is 5.91 Å². The average molecular weight is 439 g/mol. The molecule has 30 heavy (non-hydrogen) atoms. The van der Waals surface area contributed by atoms with Gasteiger partial charge in [-0.25, -0.2) is 0 Å². The zero-order valence-corrected chi connectivity index (χ0v) is 19.4. The number of hydrogen-bond acceptors (Lipinski definition) is 3. The molecular formula is C24H40NO4S. The van der Waals surface area contributed by atoms with Crippen molar-refractivity contribution in [2.45, 2.75) is 108 Å². The standard InChI is InChI=1S/C24H40NO4S/c1-2-3-4-5-6-7-8-9-10-11-12-13-14-18-21-23(30(27,28)29)24(26)25-22-19-16-15-17-20-22/h15-16,19-20,23H,2-14,18,21H2,1H3,(H,25,26)(H,27,28,29). The van der Waals surface area contributed by atoms with Gasteiger partial charge in [-0.3, -0.25) is 9.35 Å². The number of amides is 1. The van der Waals surface area contributed by atoms with E-state index >= 15 is 0 Å². The van der Waals surface area contributed by atoms with Crippen LogP contribution in [-0.2, 0) is 14.9 Å². The summed E-state index contributed by atoms with van der Waals surface area (Å²) in [5, 5.41) is 1.12. The molecule has 0 saturated carbocycles. The van der Waals surface area contributed by atoms with Crippen LogP contribution in [0.5, 0.6) is 0 Å². The Morgan fingerprint density at radius 2 is 1.43 bits per heavy atom. The molecule has 0 fully saturated rings. The quantitative estimate of drug-likeness (QED) is 0.201. The zero-order chi connectivity index (χ0) is 22.1. The van der Waals surface area contributed by atoms with Crippen molar-refractivity contribution in [3.8, 4) is 0 Å². The summed E-state index contributed by atoms with van der Waals surface area (Å²) in [5.74, 6) is -0.688. The number of carbonyl (C=O) groups excluding carboxylic acids is 1. The lowest BCUT2D eigenvalue weighted by atomic mass is 10.0. The molecule has 2 N–H and O–H groups in total. The van der Waals surface area contributed by atoms with Crippen LogP contribution in [0, 0.1) is 6.07 Å². The molecule has 1 aromatic rings. The molecule has 171 valence electrons. The zero-order valence-electron chi connectivity index (χ0n) is 18.6. The van der Waals surface area contributed by atoms with Gasteiger partial charge in [-0.2, -0.15) is 8.42 Å². The highest BCUT2D eigenvalue weighted by Crippen LogP contribution is 2.17. The van der Waals surface area contributed by atoms with Gasteiger partial charge in [0.25, 0.3) is 10.1 Å². The number of carbonyl (C=O) groups is 1. The summed E-state index contributed by atoms with van der Waals surface area (Å²) in [5.41, 5.74) is 0.470. The largest absolute Gasteiger partial charge is 0.325 e. The molecule has 5 nitrogen and oxygen atoms in total. The molecule has 0 heterocycles. The maximum Gasteiger partial charge on any atom is 0.276 e. The number of unbranched alkanes of at least 4 members (excludes halogenated alkanes) is 13. The van der Waals surface area contributed by atoms with Crippen molar-refractivity contribution < 1.29 is 17.8 Å². The third-order valence-electron chi connectivity index (χ3n) is 5.45. The third-order valence-corrected chi connectivity index (χ3v) is 6.62. The fourth-order valence-corrected chi connectivity index (χ4v) is 4.43. The Balaban J connectivity index is 2.10. The van der Waals surface area contributed by atoms with Gasteiger partial charge in [-0.1, -0.05) is 109 Å². The summed E-state index contributed by atoms with van der Waals surface area (Å²) in [6.07, 6.45) is 17.0. The summed E-state index contributed by atoms with van der Waals surface area (Å²) in [4.78, 5) is 12.3. The van der Waals surface area contributed by atoms with Gasteiger partial charge >= 0.3 is 0 Å². The van der Waals surface area contributed by atoms with E-state index in [4.69, 9.17) is 0 Å². The number of benzene rings is 1. The highest BCUT2D eigenvalue weighted by Gasteiger charge is 2.30. The fraction of sp³-hybridized carbons (Fsp3) is 0.708. The summed E-state index contributed by atoms with van der Waals surface area (Å²) in [6, 6.07) is 9.42. The van der Waals surface area contributed by atoms with Gasteiger partial charge in [0.15, 0.2) is 5.25 Å². The van der Waals surface area contributed by atoms with E-state index in [1.54, 1.807) is 24.3 Å². The molecule has 0 aliphatic rings. The second kappa shape index (κ2) is 16.3. The molecule has 0 bridgehead atoms. The van der Waals surface area contributed by atoms with E-state index in [2.05, 4.69) is 18.3 Å². The first-order valence-corrected chi connectivity index (χ1v) is 13.2. The number of anilines is 1. The minimum atomic E-state index is -4.42. The summed E-state index contributed by atoms with van der Waals surface area (Å²) in [6.45, 7) is 2.24. The monoisotopic (exact) mass is 438 g/mol. The summed E-state index contributed by atoms with van der Waals surface area (Å²) >= 11 is 0. The molecule has 1 rings (SSSR count). The maximum absolute atomic E-state index is 12.3. The van der Waals surface area contributed by atoms with Gasteiger partial charge in [0, 0.05) is 5.69 Å². The number of nitrogens with one attached hydrogen (secondary N) is 1. The molecule has 1 aromatic carbocycles. The molecule has 1 atom stereocenters. The van der Waals surface area contributed by atoms with Crippen molar-refractivity contribution in [3.05, 3.63) is 30.3 Å². The first-order valence-electron chi connectivity index (χ1n) is 11.7. The van der Waals surface area contributed by atoms with Crippen LogP contribution in [0.25, 0.3) is 0 Å². The van der Waals surface area contributed by atoms with Crippen LogP contribution in [0.3, 0.4) is 0 Å². The van der Waals surface area contributed by atoms with Crippen molar-refractivity contribution in [1.29, 1.82) is 0 Å². The normalized spacial score (nSPS) is 12.6. The van der Waals surface area contributed by atoms with Gasteiger partial charge < -0.3 is 5.32 Å². The Kier molecular flexibility index (Phi) is 14.5. The fourth-order valence-electron chi connectivity index (χ4n) is 3.63. The van der Waals surface area contributed by atoms with Gasteiger partial charge in [0.05, 0.1) is 0 Å². The Morgan fingerprint density at radius 1 is 0.933 bits per heavy atom. The number of hydrogen-bond donors (Lipinski definition) is 2. The number of rotatable bonds is 18. The van der Waals surface area contributed by atoms with E-state index in [0.29, 0.717) is 12.1 Å². The molecule has 0 aromatic heterocycles. The lowest BCUT2D eigenvalue weighted by Crippen LogP contribution is -2.34. The SMILES string of the molecule is CCCCCCCCCCCCCCCCC(C(=O)Nc1c[c]ccc1)S(=O)(=O)O. The Labute approximate surface area is 183 Å². The first kappa shape index (κ1) is 26.6. The summed E-state index contributed by atoms with van der Waals surface area (Å²) in [7, 11) is -4.42. The highest BCUT2D eigenvalue weighted by atomic mass is 32.2. The Hall–Kier alpha value is -1.40. The van der Waals surface area contributed by atoms with E-state index in [-0.39, 0.29) is 6.42 Å². The molecule has 0 spiro atoms. The Morgan fingerprint density at radius 3 is 1.87 bits per heavy atom. The van der Waals surface area contributed by atoms with Gasteiger partial charge in [-0.15, -0.1) is 0 Å². The molecular weight excluding hydrogens is 398 g/mol. The lowest BCUT2D eigenvalue weighted by Gasteiger charge is -2.14. The minimum Gasteiger partial charge on any atom is -0.325 e. The van der Waals surface area contributed by atoms with Crippen LogP contribution in [-0.4, -0.2) is 24.1 Å². The molecule has 0 aliphatic heterocycles. The van der Waals surface area contributed by atoms with Crippen molar-refractivity contribution in [3.63, 3.8) is 0 Å². The van der Waals surface area contributed by atoms with E-state index < -0.39 is 21.3 Å². The van der Waals surface area contributed by atoms with Gasteiger partial charge in [-0.05, 0) is 24.6 Å². The smallest absolute Gasteiger partial charge is 0.276 e. The van der Waals surface area contributed by atoms with Crippen molar-refractivity contribution in [1.82, 2.24) is 0 Å². The van der Waals surface area contributed by atoms with Crippen LogP contribution in [0.15, 0.2) is 24.3 Å². The summed E-state index contributed by atoms with van der Waals surface area (Å²) < 4.78 is 32.7. The predicted molar refractivity (Wildman–Crippen MR) is 124 cm³/mol. The molecule has 6 heteroatoms. The van der Waals surface area contributed by atoms with Crippen LogP contribution in [0.2, 0.25) is 0 Å². The molecule has 0 aliphatic carbocycles. The second-order valence-corrected chi connectivity index (χ2v) is 9.77. The van der Waals surface area contributed by atoms with Crippen LogP contribution in [0.4, 0.5) is 5.69 Å². The maximum atomic E-state index is 12.3.